The first kappa shape index (κ1) is 15.0. The molecule has 18 heavy (non-hydrogen) atoms. The van der Waals surface area contributed by atoms with Crippen LogP contribution in [0.4, 0.5) is 4.39 Å². The predicted molar refractivity (Wildman–Crippen MR) is 73.4 cm³/mol. The third-order valence-corrected chi connectivity index (χ3v) is 2.73. The molecule has 0 aliphatic rings. The van der Waals surface area contributed by atoms with Crippen molar-refractivity contribution in [3.05, 3.63) is 30.1 Å². The van der Waals surface area contributed by atoms with E-state index in [9.17, 15) is 4.39 Å². The summed E-state index contributed by atoms with van der Waals surface area (Å²) >= 11 is 0. The van der Waals surface area contributed by atoms with Crippen LogP contribution in [0.2, 0.25) is 0 Å². The number of hydrogen-bond donors (Lipinski definition) is 1. The zero-order valence-electron chi connectivity index (χ0n) is 11.7. The molecule has 0 aromatic heterocycles. The van der Waals surface area contributed by atoms with Crippen LogP contribution in [0.5, 0.6) is 5.75 Å². The summed E-state index contributed by atoms with van der Waals surface area (Å²) in [4.78, 5) is 0. The van der Waals surface area contributed by atoms with Crippen LogP contribution >= 0.6 is 0 Å². The van der Waals surface area contributed by atoms with Crippen molar-refractivity contribution in [3.63, 3.8) is 0 Å². The van der Waals surface area contributed by atoms with Crippen LogP contribution in [0.3, 0.4) is 0 Å². The minimum atomic E-state index is -0.259. The van der Waals surface area contributed by atoms with Crippen molar-refractivity contribution < 1.29 is 9.13 Å². The maximum atomic E-state index is 13.1. The molecule has 1 unspecified atom stereocenters. The lowest BCUT2D eigenvalue weighted by atomic mass is 10.1. The Hall–Kier alpha value is -1.09. The molecule has 2 nitrogen and oxygen atoms in total. The first-order valence-corrected chi connectivity index (χ1v) is 6.62. The molecule has 0 saturated carbocycles. The molecule has 3 heteroatoms. The van der Waals surface area contributed by atoms with Crippen molar-refractivity contribution in [2.75, 3.05) is 13.1 Å². The van der Waals surface area contributed by atoms with Crippen LogP contribution in [0.1, 0.15) is 27.7 Å². The van der Waals surface area contributed by atoms with Crippen molar-refractivity contribution in [2.24, 2.45) is 11.8 Å². The molecule has 1 aromatic rings. The van der Waals surface area contributed by atoms with E-state index in [2.05, 4.69) is 33.0 Å². The number of nitrogens with one attached hydrogen (secondary N) is 1. The second-order valence-corrected chi connectivity index (χ2v) is 5.41. The molecule has 0 heterocycles. The molecular weight excluding hydrogens is 229 g/mol. The van der Waals surface area contributed by atoms with Gasteiger partial charge in [0.25, 0.3) is 0 Å². The van der Waals surface area contributed by atoms with Gasteiger partial charge in [0.1, 0.15) is 17.7 Å². The van der Waals surface area contributed by atoms with E-state index in [0.717, 1.165) is 13.1 Å². The van der Waals surface area contributed by atoms with E-state index in [0.29, 0.717) is 17.6 Å². The fourth-order valence-corrected chi connectivity index (χ4v) is 1.64. The van der Waals surface area contributed by atoms with Crippen molar-refractivity contribution in [1.29, 1.82) is 0 Å². The van der Waals surface area contributed by atoms with Gasteiger partial charge < -0.3 is 10.1 Å². The Morgan fingerprint density at radius 2 is 1.89 bits per heavy atom. The molecule has 1 N–H and O–H groups in total. The molecule has 0 bridgehead atoms. The topological polar surface area (TPSA) is 21.3 Å². The van der Waals surface area contributed by atoms with E-state index in [1.807, 2.05) is 0 Å². The second-order valence-electron chi connectivity index (χ2n) is 5.41. The highest BCUT2D eigenvalue weighted by Crippen LogP contribution is 2.16. The lowest BCUT2D eigenvalue weighted by Gasteiger charge is -2.23. The van der Waals surface area contributed by atoms with Gasteiger partial charge in [-0.1, -0.05) is 33.8 Å². The zero-order chi connectivity index (χ0) is 13.5. The fraction of sp³-hybridized carbons (Fsp3) is 0.600. The van der Waals surface area contributed by atoms with Crippen molar-refractivity contribution in [2.45, 2.75) is 33.8 Å². The number of benzene rings is 1. The van der Waals surface area contributed by atoms with Crippen molar-refractivity contribution >= 4 is 0 Å². The van der Waals surface area contributed by atoms with Crippen LogP contribution in [0.15, 0.2) is 24.3 Å². The highest BCUT2D eigenvalue weighted by Gasteiger charge is 2.15. The van der Waals surface area contributed by atoms with Gasteiger partial charge in [0, 0.05) is 12.6 Å². The second kappa shape index (κ2) is 7.37. The molecule has 1 aromatic carbocycles. The van der Waals surface area contributed by atoms with Crippen LogP contribution in [0, 0.1) is 17.7 Å². The standard InChI is InChI=1S/C15H24FNO/c1-11(2)9-17-10-15(12(3)4)18-14-7-5-6-13(16)8-14/h5-8,11-12,15,17H,9-10H2,1-4H3. The maximum absolute atomic E-state index is 13.1. The molecular formula is C15H24FNO. The monoisotopic (exact) mass is 253 g/mol. The number of halogens is 1. The van der Waals surface area contributed by atoms with Gasteiger partial charge in [-0.25, -0.2) is 4.39 Å². The molecule has 0 radical (unpaired) electrons. The first-order valence-electron chi connectivity index (χ1n) is 6.62. The molecule has 1 rings (SSSR count). The summed E-state index contributed by atoms with van der Waals surface area (Å²) in [5.74, 6) is 1.34. The van der Waals surface area contributed by atoms with E-state index in [1.54, 1.807) is 12.1 Å². The Morgan fingerprint density at radius 1 is 1.17 bits per heavy atom. The Bertz CT molecular complexity index is 352. The normalized spacial score (nSPS) is 13.1. The molecule has 0 aliphatic carbocycles. The number of ether oxygens (including phenoxy) is 1. The zero-order valence-corrected chi connectivity index (χ0v) is 11.7. The summed E-state index contributed by atoms with van der Waals surface area (Å²) in [7, 11) is 0. The van der Waals surface area contributed by atoms with Crippen LogP contribution in [-0.2, 0) is 0 Å². The smallest absolute Gasteiger partial charge is 0.126 e. The summed E-state index contributed by atoms with van der Waals surface area (Å²) in [5.41, 5.74) is 0. The predicted octanol–water partition coefficient (Wildman–Crippen LogP) is 3.47. The van der Waals surface area contributed by atoms with Gasteiger partial charge in [0.05, 0.1) is 0 Å². The van der Waals surface area contributed by atoms with Gasteiger partial charge in [-0.05, 0) is 30.5 Å². The average Bonchev–Trinajstić information content (AvgIpc) is 2.27. The SMILES string of the molecule is CC(C)CNCC(Oc1cccc(F)c1)C(C)C. The number of hydrogen-bond acceptors (Lipinski definition) is 2. The van der Waals surface area contributed by atoms with Crippen LogP contribution in [0.25, 0.3) is 0 Å². The molecule has 0 saturated heterocycles. The minimum absolute atomic E-state index is 0.0607. The van der Waals surface area contributed by atoms with Gasteiger partial charge in [0.2, 0.25) is 0 Å². The maximum Gasteiger partial charge on any atom is 0.126 e. The van der Waals surface area contributed by atoms with E-state index in [-0.39, 0.29) is 11.9 Å². The van der Waals surface area contributed by atoms with Crippen LogP contribution in [-0.4, -0.2) is 19.2 Å². The van der Waals surface area contributed by atoms with Gasteiger partial charge in [-0.3, -0.25) is 0 Å². The lowest BCUT2D eigenvalue weighted by Crippen LogP contribution is -2.36. The molecule has 0 fully saturated rings. The Kier molecular flexibility index (Phi) is 6.13. The van der Waals surface area contributed by atoms with E-state index >= 15 is 0 Å². The van der Waals surface area contributed by atoms with Gasteiger partial charge in [0.15, 0.2) is 0 Å². The van der Waals surface area contributed by atoms with Crippen molar-refractivity contribution in [1.82, 2.24) is 5.32 Å². The first-order chi connectivity index (χ1) is 8.49. The molecule has 0 amide bonds. The van der Waals surface area contributed by atoms with Gasteiger partial charge >= 0.3 is 0 Å². The summed E-state index contributed by atoms with van der Waals surface area (Å²) in [5, 5.41) is 3.38. The molecule has 0 aliphatic heterocycles. The van der Waals surface area contributed by atoms with Gasteiger partial charge in [-0.15, -0.1) is 0 Å². The average molecular weight is 253 g/mol. The largest absolute Gasteiger partial charge is 0.489 e. The van der Waals surface area contributed by atoms with E-state index in [1.165, 1.54) is 12.1 Å². The minimum Gasteiger partial charge on any atom is -0.489 e. The third kappa shape index (κ3) is 5.50. The quantitative estimate of drug-likeness (QED) is 0.803. The van der Waals surface area contributed by atoms with Gasteiger partial charge in [-0.2, -0.15) is 0 Å². The van der Waals surface area contributed by atoms with Crippen molar-refractivity contribution in [3.8, 4) is 5.75 Å². The lowest BCUT2D eigenvalue weighted by molar-refractivity contribution is 0.147. The third-order valence-electron chi connectivity index (χ3n) is 2.73. The fourth-order valence-electron chi connectivity index (χ4n) is 1.64. The molecule has 0 spiro atoms. The van der Waals surface area contributed by atoms with E-state index in [4.69, 9.17) is 4.74 Å². The summed E-state index contributed by atoms with van der Waals surface area (Å²) in [6, 6.07) is 6.32. The van der Waals surface area contributed by atoms with Crippen LogP contribution < -0.4 is 10.1 Å². The summed E-state index contributed by atoms with van der Waals surface area (Å²) in [6.07, 6.45) is 0.0607. The summed E-state index contributed by atoms with van der Waals surface area (Å²) < 4.78 is 18.9. The molecule has 1 atom stereocenters. The Morgan fingerprint density at radius 3 is 2.44 bits per heavy atom. The summed E-state index contributed by atoms with van der Waals surface area (Å²) in [6.45, 7) is 10.3. The number of rotatable bonds is 7. The molecule has 102 valence electrons. The van der Waals surface area contributed by atoms with E-state index < -0.39 is 0 Å². The Balaban J connectivity index is 2.52. The highest BCUT2D eigenvalue weighted by atomic mass is 19.1. The highest BCUT2D eigenvalue weighted by molar-refractivity contribution is 5.22. The Labute approximate surface area is 110 Å².